The van der Waals surface area contributed by atoms with E-state index in [2.05, 4.69) is 81.9 Å². The van der Waals surface area contributed by atoms with Crippen molar-refractivity contribution in [1.29, 1.82) is 0 Å². The quantitative estimate of drug-likeness (QED) is 0.684. The zero-order chi connectivity index (χ0) is 15.4. The van der Waals surface area contributed by atoms with E-state index < -0.39 is 25.2 Å². The molecule has 0 fully saturated rings. The van der Waals surface area contributed by atoms with Crippen molar-refractivity contribution in [3.8, 4) is 0 Å². The molecule has 0 aliphatic heterocycles. The van der Waals surface area contributed by atoms with Crippen LogP contribution in [0.15, 0.2) is 36.0 Å². The molecule has 0 atom stereocenters. The Morgan fingerprint density at radius 1 is 0.800 bits per heavy atom. The zero-order valence-corrected chi connectivity index (χ0v) is 16.9. The molecule has 0 unspecified atom stereocenters. The van der Waals surface area contributed by atoms with Crippen LogP contribution in [0.25, 0.3) is 6.08 Å². The first kappa shape index (κ1) is 17.6. The summed E-state index contributed by atoms with van der Waals surface area (Å²) < 4.78 is 12.7. The molecular weight excluding hydrogens is 296 g/mol. The van der Waals surface area contributed by atoms with E-state index >= 15 is 0 Å². The summed E-state index contributed by atoms with van der Waals surface area (Å²) in [5.74, 6) is 0. The van der Waals surface area contributed by atoms with E-state index in [1.165, 1.54) is 5.56 Å². The van der Waals surface area contributed by atoms with Gasteiger partial charge in [-0.05, 0) is 51.4 Å². The van der Waals surface area contributed by atoms with Crippen LogP contribution in [0.4, 0.5) is 0 Å². The van der Waals surface area contributed by atoms with Gasteiger partial charge in [-0.3, -0.25) is 0 Å². The van der Waals surface area contributed by atoms with Gasteiger partial charge in [0.2, 0.25) is 8.32 Å². The van der Waals surface area contributed by atoms with Gasteiger partial charge in [-0.1, -0.05) is 42.1 Å². The predicted octanol–water partition coefficient (Wildman–Crippen LogP) is 5.01. The predicted molar refractivity (Wildman–Crippen MR) is 96.0 cm³/mol. The third kappa shape index (κ3) is 7.35. The highest BCUT2D eigenvalue weighted by Gasteiger charge is 2.36. The van der Waals surface area contributed by atoms with Crippen LogP contribution in [-0.2, 0) is 8.23 Å². The Hall–Kier alpha value is -0.469. The Kier molecular flexibility index (Phi) is 5.74. The van der Waals surface area contributed by atoms with Crippen molar-refractivity contribution in [3.05, 3.63) is 41.6 Å². The third-order valence-electron chi connectivity index (χ3n) is 2.54. The maximum atomic E-state index is 6.43. The molecule has 0 N–H and O–H groups in total. The van der Waals surface area contributed by atoms with Crippen LogP contribution in [0, 0.1) is 0 Å². The molecule has 20 heavy (non-hydrogen) atoms. The van der Waals surface area contributed by atoms with Gasteiger partial charge in [-0.2, -0.15) is 0 Å². The van der Waals surface area contributed by atoms with Gasteiger partial charge in [0, 0.05) is 0 Å². The van der Waals surface area contributed by atoms with Gasteiger partial charge in [-0.25, -0.2) is 0 Å². The van der Waals surface area contributed by atoms with Gasteiger partial charge < -0.3 is 8.23 Å². The minimum Gasteiger partial charge on any atom is -0.437 e. The average molecular weight is 325 g/mol. The standard InChI is InChI=1S/C15H28O2Si3/c1-18(2,3)16-20(6,7)17-19(4,5)14-13-15-11-9-8-10-12-15/h8-14H,1-7H3/b14-13+. The summed E-state index contributed by atoms with van der Waals surface area (Å²) in [4.78, 5) is 0. The van der Waals surface area contributed by atoms with Gasteiger partial charge in [0.1, 0.15) is 0 Å². The van der Waals surface area contributed by atoms with Crippen LogP contribution in [0.1, 0.15) is 5.56 Å². The van der Waals surface area contributed by atoms with Crippen molar-refractivity contribution in [1.82, 2.24) is 0 Å². The maximum Gasteiger partial charge on any atom is 0.311 e. The van der Waals surface area contributed by atoms with E-state index in [0.717, 1.165) is 0 Å². The lowest BCUT2D eigenvalue weighted by Gasteiger charge is -2.36. The Balaban J connectivity index is 2.72. The van der Waals surface area contributed by atoms with Crippen molar-refractivity contribution >= 4 is 31.3 Å². The molecule has 0 amide bonds. The van der Waals surface area contributed by atoms with Crippen LogP contribution < -0.4 is 0 Å². The molecule has 5 heteroatoms. The van der Waals surface area contributed by atoms with E-state index in [1.54, 1.807) is 0 Å². The highest BCUT2D eigenvalue weighted by atomic mass is 28.5. The summed E-state index contributed by atoms with van der Waals surface area (Å²) in [5.41, 5.74) is 3.48. The van der Waals surface area contributed by atoms with E-state index in [4.69, 9.17) is 8.23 Å². The van der Waals surface area contributed by atoms with Gasteiger partial charge in [-0.15, -0.1) is 0 Å². The number of hydrogen-bond acceptors (Lipinski definition) is 2. The van der Waals surface area contributed by atoms with Crippen LogP contribution in [-0.4, -0.2) is 25.2 Å². The smallest absolute Gasteiger partial charge is 0.311 e. The first-order valence-electron chi connectivity index (χ1n) is 7.14. The highest BCUT2D eigenvalue weighted by molar-refractivity contribution is 6.89. The Morgan fingerprint density at radius 3 is 1.85 bits per heavy atom. The molecule has 0 saturated carbocycles. The topological polar surface area (TPSA) is 18.5 Å². The monoisotopic (exact) mass is 324 g/mol. The molecular formula is C15H28O2Si3. The van der Waals surface area contributed by atoms with E-state index in [1.807, 2.05) is 6.07 Å². The molecule has 0 aliphatic carbocycles. The molecule has 112 valence electrons. The number of rotatable bonds is 6. The zero-order valence-electron chi connectivity index (χ0n) is 13.9. The SMILES string of the molecule is C[Si](C)(C)O[Si](C)(C)O[Si](C)(C)/C=C/c1ccccc1. The number of hydrogen-bond donors (Lipinski definition) is 0. The molecule has 0 aliphatic rings. The fourth-order valence-electron chi connectivity index (χ4n) is 2.29. The molecule has 1 rings (SSSR count). The lowest BCUT2D eigenvalue weighted by atomic mass is 10.2. The van der Waals surface area contributed by atoms with Gasteiger partial charge in [0.05, 0.1) is 0 Å². The summed E-state index contributed by atoms with van der Waals surface area (Å²) in [7, 11) is -5.43. The lowest BCUT2D eigenvalue weighted by Crippen LogP contribution is -2.50. The van der Waals surface area contributed by atoms with Crippen LogP contribution in [0.3, 0.4) is 0 Å². The first-order valence-corrected chi connectivity index (χ1v) is 16.3. The largest absolute Gasteiger partial charge is 0.437 e. The molecule has 0 bridgehead atoms. The van der Waals surface area contributed by atoms with Gasteiger partial charge in [0.25, 0.3) is 0 Å². The Morgan fingerprint density at radius 2 is 1.35 bits per heavy atom. The fraction of sp³-hybridized carbons (Fsp3) is 0.467. The molecule has 0 radical (unpaired) electrons. The van der Waals surface area contributed by atoms with Crippen LogP contribution in [0.2, 0.25) is 45.8 Å². The second-order valence-corrected chi connectivity index (χ2v) is 19.3. The second-order valence-electron chi connectivity index (χ2n) is 7.06. The molecule has 0 aromatic heterocycles. The van der Waals surface area contributed by atoms with E-state index in [-0.39, 0.29) is 0 Å². The molecule has 0 saturated heterocycles. The molecule has 2 nitrogen and oxygen atoms in total. The first-order chi connectivity index (χ1) is 8.99. The maximum absolute atomic E-state index is 6.43. The summed E-state index contributed by atoms with van der Waals surface area (Å²) in [6.45, 7) is 15.5. The van der Waals surface area contributed by atoms with Crippen molar-refractivity contribution in [3.63, 3.8) is 0 Å². The van der Waals surface area contributed by atoms with E-state index in [9.17, 15) is 0 Å². The van der Waals surface area contributed by atoms with Gasteiger partial charge in [0.15, 0.2) is 8.32 Å². The molecule has 0 spiro atoms. The molecule has 0 heterocycles. The minimum absolute atomic E-state index is 1.22. The summed E-state index contributed by atoms with van der Waals surface area (Å²) in [5, 5.41) is 0. The summed E-state index contributed by atoms with van der Waals surface area (Å²) in [6.07, 6.45) is 2.17. The fourth-order valence-corrected chi connectivity index (χ4v) is 14.7. The Labute approximate surface area is 127 Å². The minimum atomic E-state index is -2.04. The highest BCUT2D eigenvalue weighted by Crippen LogP contribution is 2.21. The van der Waals surface area contributed by atoms with Crippen molar-refractivity contribution in [2.24, 2.45) is 0 Å². The lowest BCUT2D eigenvalue weighted by molar-refractivity contribution is 0.398. The Bertz CT molecular complexity index is 448. The third-order valence-corrected chi connectivity index (χ3v) is 12.0. The van der Waals surface area contributed by atoms with Crippen molar-refractivity contribution in [2.75, 3.05) is 0 Å². The normalized spacial score (nSPS) is 13.9. The number of benzene rings is 1. The molecule has 1 aromatic carbocycles. The van der Waals surface area contributed by atoms with Crippen LogP contribution in [0.5, 0.6) is 0 Å². The van der Waals surface area contributed by atoms with Crippen molar-refractivity contribution in [2.45, 2.75) is 45.8 Å². The second kappa shape index (κ2) is 6.53. The average Bonchev–Trinajstić information content (AvgIpc) is 2.23. The van der Waals surface area contributed by atoms with Crippen LogP contribution >= 0.6 is 0 Å². The van der Waals surface area contributed by atoms with Crippen molar-refractivity contribution < 1.29 is 8.23 Å². The molecule has 1 aromatic rings. The van der Waals surface area contributed by atoms with E-state index in [0.29, 0.717) is 0 Å². The summed E-state index contributed by atoms with van der Waals surface area (Å²) >= 11 is 0. The summed E-state index contributed by atoms with van der Waals surface area (Å²) in [6, 6.07) is 10.4. The van der Waals surface area contributed by atoms with Gasteiger partial charge >= 0.3 is 8.56 Å².